The Morgan fingerprint density at radius 2 is 1.48 bits per heavy atom. The largest absolute Gasteiger partial charge is 0.506 e. The number of halogens is 4. The van der Waals surface area contributed by atoms with Gasteiger partial charge in [-0.1, -0.05) is 36.4 Å². The summed E-state index contributed by atoms with van der Waals surface area (Å²) in [5, 5.41) is 9.28. The lowest BCUT2D eigenvalue weighted by Gasteiger charge is -2.09. The van der Waals surface area contributed by atoms with Crippen molar-refractivity contribution in [3.63, 3.8) is 0 Å². The summed E-state index contributed by atoms with van der Waals surface area (Å²) in [5.41, 5.74) is 3.56. The van der Waals surface area contributed by atoms with Crippen molar-refractivity contribution in [3.8, 4) is 11.5 Å². The minimum atomic E-state index is 0.325. The van der Waals surface area contributed by atoms with E-state index in [4.69, 9.17) is 4.74 Å². The molecule has 0 aliphatic rings. The molecular formula is C23H20Br2I2O2. The van der Waals surface area contributed by atoms with Crippen molar-refractivity contribution in [1.29, 1.82) is 0 Å². The molecule has 0 radical (unpaired) electrons. The zero-order chi connectivity index (χ0) is 21.4. The first-order valence-corrected chi connectivity index (χ1v) is 12.5. The number of phenols is 1. The van der Waals surface area contributed by atoms with Crippen LogP contribution in [0.1, 0.15) is 16.7 Å². The summed E-state index contributed by atoms with van der Waals surface area (Å²) in [4.78, 5) is 0. The molecule has 6 heteroatoms. The number of aryl methyl sites for hydroxylation is 2. The highest BCUT2D eigenvalue weighted by atomic mass is 127. The van der Waals surface area contributed by atoms with Gasteiger partial charge in [-0.05, 0) is 138 Å². The number of hydrogen-bond acceptors (Lipinski definition) is 2. The number of benzene rings is 3. The lowest BCUT2D eigenvalue weighted by Crippen LogP contribution is -1.97. The van der Waals surface area contributed by atoms with Crippen LogP contribution in [-0.2, 0) is 0 Å². The van der Waals surface area contributed by atoms with E-state index >= 15 is 0 Å². The topological polar surface area (TPSA) is 29.5 Å². The molecule has 0 unspecified atom stereocenters. The van der Waals surface area contributed by atoms with Crippen LogP contribution in [0.25, 0.3) is 6.08 Å². The first-order valence-electron chi connectivity index (χ1n) is 8.72. The molecule has 0 fully saturated rings. The fourth-order valence-electron chi connectivity index (χ4n) is 2.40. The van der Waals surface area contributed by atoms with Crippen LogP contribution < -0.4 is 4.74 Å². The van der Waals surface area contributed by atoms with Crippen molar-refractivity contribution in [2.45, 2.75) is 13.8 Å². The molecule has 3 rings (SSSR count). The maximum atomic E-state index is 9.28. The molecule has 2 nitrogen and oxygen atoms in total. The summed E-state index contributed by atoms with van der Waals surface area (Å²) in [6, 6.07) is 18.2. The van der Waals surface area contributed by atoms with Gasteiger partial charge in [0.2, 0.25) is 0 Å². The van der Waals surface area contributed by atoms with Gasteiger partial charge in [-0.15, -0.1) is 0 Å². The third-order valence-electron chi connectivity index (χ3n) is 3.74. The van der Waals surface area contributed by atoms with Gasteiger partial charge in [0, 0.05) is 0 Å². The lowest BCUT2D eigenvalue weighted by atomic mass is 10.2. The second kappa shape index (κ2) is 12.3. The van der Waals surface area contributed by atoms with Gasteiger partial charge >= 0.3 is 0 Å². The summed E-state index contributed by atoms with van der Waals surface area (Å²) < 4.78 is 9.57. The van der Waals surface area contributed by atoms with Crippen molar-refractivity contribution in [3.05, 3.63) is 93.4 Å². The van der Waals surface area contributed by atoms with Gasteiger partial charge in [0.25, 0.3) is 0 Å². The van der Waals surface area contributed by atoms with E-state index in [1.807, 2.05) is 43.3 Å². The zero-order valence-electron chi connectivity index (χ0n) is 15.9. The Morgan fingerprint density at radius 1 is 0.897 bits per heavy atom. The standard InChI is InChI=1S/C16H14BrIO.C7H6BrIO/c1-12-10-14(17)16(15(18)11-12)19-9-5-8-13-6-3-2-4-7-13;1-4-2-5(8)7(10)6(9)3-4/h2-8,10-11H,9H2,1H3;2-3,10H,1H3/b8-5+;. The normalized spacial score (nSPS) is 10.6. The molecule has 0 aliphatic heterocycles. The van der Waals surface area contributed by atoms with E-state index in [1.54, 1.807) is 0 Å². The van der Waals surface area contributed by atoms with E-state index in [2.05, 4.69) is 114 Å². The van der Waals surface area contributed by atoms with Gasteiger partial charge in [0.05, 0.1) is 16.1 Å². The maximum absolute atomic E-state index is 9.28. The number of phenolic OH excluding ortho intramolecular Hbond substituents is 1. The van der Waals surface area contributed by atoms with Crippen LogP contribution in [0.5, 0.6) is 11.5 Å². The molecule has 0 aliphatic carbocycles. The molecule has 0 bridgehead atoms. The summed E-state index contributed by atoms with van der Waals surface area (Å²) in [5.74, 6) is 1.23. The Hall–Kier alpha value is -0.580. The molecular weight excluding hydrogens is 722 g/mol. The quantitative estimate of drug-likeness (QED) is 0.272. The Labute approximate surface area is 216 Å². The molecule has 0 atom stereocenters. The number of aromatic hydroxyl groups is 1. The summed E-state index contributed by atoms with van der Waals surface area (Å²) in [7, 11) is 0. The average molecular weight is 742 g/mol. The minimum Gasteiger partial charge on any atom is -0.506 e. The summed E-state index contributed by atoms with van der Waals surface area (Å²) >= 11 is 11.2. The predicted molar refractivity (Wildman–Crippen MR) is 146 cm³/mol. The van der Waals surface area contributed by atoms with Gasteiger partial charge in [-0.25, -0.2) is 0 Å². The highest BCUT2D eigenvalue weighted by Gasteiger charge is 2.06. The zero-order valence-corrected chi connectivity index (χ0v) is 23.4. The molecule has 0 saturated heterocycles. The molecule has 3 aromatic rings. The van der Waals surface area contributed by atoms with E-state index in [9.17, 15) is 5.11 Å². The van der Waals surface area contributed by atoms with Crippen molar-refractivity contribution in [2.75, 3.05) is 6.61 Å². The maximum Gasteiger partial charge on any atom is 0.147 e. The van der Waals surface area contributed by atoms with Gasteiger partial charge in [0.15, 0.2) is 0 Å². The molecule has 0 amide bonds. The van der Waals surface area contributed by atoms with Crippen LogP contribution >= 0.6 is 77.0 Å². The van der Waals surface area contributed by atoms with Gasteiger partial charge < -0.3 is 9.84 Å². The Kier molecular flexibility index (Phi) is 10.5. The van der Waals surface area contributed by atoms with Crippen LogP contribution in [0.2, 0.25) is 0 Å². The van der Waals surface area contributed by atoms with Crippen LogP contribution in [0.3, 0.4) is 0 Å². The van der Waals surface area contributed by atoms with E-state index in [0.717, 1.165) is 27.4 Å². The molecule has 0 heterocycles. The third kappa shape index (κ3) is 8.22. The van der Waals surface area contributed by atoms with Crippen LogP contribution in [-0.4, -0.2) is 11.7 Å². The smallest absolute Gasteiger partial charge is 0.147 e. The summed E-state index contributed by atoms with van der Waals surface area (Å²) in [6.07, 6.45) is 4.09. The highest BCUT2D eigenvalue weighted by molar-refractivity contribution is 14.1. The lowest BCUT2D eigenvalue weighted by molar-refractivity contribution is 0.358. The Bertz CT molecular complexity index is 943. The number of ether oxygens (including phenoxy) is 1. The van der Waals surface area contributed by atoms with Crippen molar-refractivity contribution in [1.82, 2.24) is 0 Å². The minimum absolute atomic E-state index is 0.325. The first kappa shape index (κ1) is 24.7. The Morgan fingerprint density at radius 3 is 2.07 bits per heavy atom. The summed E-state index contributed by atoms with van der Waals surface area (Å²) in [6.45, 7) is 4.63. The second-order valence-electron chi connectivity index (χ2n) is 6.26. The molecule has 0 spiro atoms. The van der Waals surface area contributed by atoms with E-state index in [0.29, 0.717) is 12.4 Å². The highest BCUT2D eigenvalue weighted by Crippen LogP contribution is 2.32. The van der Waals surface area contributed by atoms with Gasteiger partial charge in [-0.2, -0.15) is 0 Å². The molecule has 0 saturated carbocycles. The van der Waals surface area contributed by atoms with Gasteiger partial charge in [0.1, 0.15) is 18.1 Å². The molecule has 152 valence electrons. The van der Waals surface area contributed by atoms with E-state index in [-0.39, 0.29) is 0 Å². The number of rotatable bonds is 4. The number of hydrogen-bond donors (Lipinski definition) is 1. The van der Waals surface area contributed by atoms with E-state index in [1.165, 1.54) is 11.1 Å². The van der Waals surface area contributed by atoms with Crippen molar-refractivity contribution >= 4 is 83.1 Å². The van der Waals surface area contributed by atoms with Crippen LogP contribution in [0.4, 0.5) is 0 Å². The van der Waals surface area contributed by atoms with Gasteiger partial charge in [-0.3, -0.25) is 0 Å². The molecule has 3 aromatic carbocycles. The fraction of sp³-hybridized carbons (Fsp3) is 0.130. The first-order chi connectivity index (χ1) is 13.8. The molecule has 1 N–H and O–H groups in total. The van der Waals surface area contributed by atoms with Crippen molar-refractivity contribution < 1.29 is 9.84 Å². The molecule has 29 heavy (non-hydrogen) atoms. The monoisotopic (exact) mass is 740 g/mol. The predicted octanol–water partition coefficient (Wildman–Crippen LogP) is 8.52. The van der Waals surface area contributed by atoms with E-state index < -0.39 is 0 Å². The second-order valence-corrected chi connectivity index (χ2v) is 10.3. The Balaban J connectivity index is 0.000000253. The average Bonchev–Trinajstić information content (AvgIpc) is 2.66. The van der Waals surface area contributed by atoms with Crippen molar-refractivity contribution in [2.24, 2.45) is 0 Å². The fourth-order valence-corrected chi connectivity index (χ4v) is 6.12. The SMILES string of the molecule is Cc1cc(Br)c(O)c(I)c1.Cc1cc(Br)c(OC/C=C/c2ccccc2)c(I)c1. The van der Waals surface area contributed by atoms with Crippen LogP contribution in [0.15, 0.2) is 69.6 Å². The molecule has 0 aromatic heterocycles. The van der Waals surface area contributed by atoms with Crippen LogP contribution in [0, 0.1) is 21.0 Å². The third-order valence-corrected chi connectivity index (χ3v) is 6.55.